The van der Waals surface area contributed by atoms with E-state index in [9.17, 15) is 9.59 Å². The lowest BCUT2D eigenvalue weighted by Crippen LogP contribution is -2.51. The molecule has 1 aliphatic heterocycles. The minimum Gasteiger partial charge on any atom is -0.444 e. The number of hydrogen-bond acceptors (Lipinski definition) is 7. The Hall–Kier alpha value is -3.62. The number of aryl methyl sites for hydroxylation is 1. The number of fused-ring (bicyclic) bond motifs is 1. The summed E-state index contributed by atoms with van der Waals surface area (Å²) >= 11 is 0. The molecule has 0 bridgehead atoms. The zero-order chi connectivity index (χ0) is 22.9. The first kappa shape index (κ1) is 21.6. The van der Waals surface area contributed by atoms with Gasteiger partial charge in [-0.2, -0.15) is 4.98 Å². The van der Waals surface area contributed by atoms with Crippen LogP contribution in [-0.4, -0.2) is 44.2 Å². The average molecular weight is 437 g/mol. The van der Waals surface area contributed by atoms with Gasteiger partial charge in [-0.25, -0.2) is 9.78 Å². The van der Waals surface area contributed by atoms with Crippen molar-refractivity contribution >= 4 is 34.4 Å². The van der Waals surface area contributed by atoms with E-state index < -0.39 is 5.60 Å². The number of pyridine rings is 1. The van der Waals surface area contributed by atoms with Crippen molar-refractivity contribution in [3.8, 4) is 0 Å². The van der Waals surface area contributed by atoms with Crippen LogP contribution in [0, 0.1) is 5.92 Å². The average Bonchev–Trinajstić information content (AvgIpc) is 2.68. The quantitative estimate of drug-likeness (QED) is 0.589. The molecule has 1 aliphatic rings. The first-order chi connectivity index (χ1) is 15.2. The minimum absolute atomic E-state index is 0.113. The lowest BCUT2D eigenvalue weighted by molar-refractivity contribution is -0.00265. The molecule has 2 aromatic heterocycles. The molecule has 32 heavy (non-hydrogen) atoms. The third-order valence-electron chi connectivity index (χ3n) is 5.26. The predicted molar refractivity (Wildman–Crippen MR) is 124 cm³/mol. The fraction of sp³-hybridized carbons (Fsp3) is 0.391. The summed E-state index contributed by atoms with van der Waals surface area (Å²) < 4.78 is 7.07. The Kier molecular flexibility index (Phi) is 5.73. The molecule has 4 rings (SSSR count). The summed E-state index contributed by atoms with van der Waals surface area (Å²) in [4.78, 5) is 35.3. The highest BCUT2D eigenvalue weighted by atomic mass is 16.6. The van der Waals surface area contributed by atoms with Gasteiger partial charge in [0, 0.05) is 48.7 Å². The van der Waals surface area contributed by atoms with Crippen LogP contribution in [0.4, 0.5) is 22.1 Å². The summed E-state index contributed by atoms with van der Waals surface area (Å²) in [6.45, 7) is 7.34. The van der Waals surface area contributed by atoms with Gasteiger partial charge in [-0.1, -0.05) is 0 Å². The van der Waals surface area contributed by atoms with Crippen molar-refractivity contribution in [2.75, 3.05) is 24.1 Å². The molecule has 1 aromatic carbocycles. The van der Waals surface area contributed by atoms with E-state index in [0.717, 1.165) is 17.5 Å². The Morgan fingerprint density at radius 3 is 2.59 bits per heavy atom. The molecular formula is C23H28N6O3. The van der Waals surface area contributed by atoms with Crippen LogP contribution in [0.25, 0.3) is 11.0 Å². The molecule has 1 saturated heterocycles. The number of aromatic nitrogens is 3. The second kappa shape index (κ2) is 8.49. The molecule has 0 atom stereocenters. The number of likely N-dealkylation sites (tertiary alicyclic amines) is 1. The number of nitrogen functional groups attached to an aromatic ring is 1. The Bertz CT molecular complexity index is 1180. The van der Waals surface area contributed by atoms with Crippen LogP contribution in [0.3, 0.4) is 0 Å². The highest BCUT2D eigenvalue weighted by Gasteiger charge is 2.33. The van der Waals surface area contributed by atoms with E-state index in [1.807, 2.05) is 32.9 Å². The summed E-state index contributed by atoms with van der Waals surface area (Å²) in [5, 5.41) is 3.93. The second-order valence-corrected chi connectivity index (χ2v) is 9.08. The predicted octanol–water partition coefficient (Wildman–Crippen LogP) is 3.37. The van der Waals surface area contributed by atoms with Gasteiger partial charge in [0.05, 0.1) is 0 Å². The summed E-state index contributed by atoms with van der Waals surface area (Å²) in [5.41, 5.74) is 7.17. The van der Waals surface area contributed by atoms with Crippen LogP contribution < -0.4 is 16.6 Å². The fourth-order valence-corrected chi connectivity index (χ4v) is 3.58. The standard InChI is InChI=1S/C23H28N6O3/c1-23(2,3)32-22(31)28-13-15(14-28)10-11-29-19(30)9-4-16-12-25-21(27-20(16)29)26-18-7-5-17(24)6-8-18/h4-9,12,15H,10-11,13-14,24H2,1-3H3,(H,25,26,27). The van der Waals surface area contributed by atoms with E-state index in [0.29, 0.717) is 42.8 Å². The Morgan fingerprint density at radius 1 is 1.19 bits per heavy atom. The molecule has 3 N–H and O–H groups in total. The maximum absolute atomic E-state index is 12.6. The molecule has 1 fully saturated rings. The summed E-state index contributed by atoms with van der Waals surface area (Å²) in [5.74, 6) is 0.722. The van der Waals surface area contributed by atoms with Crippen LogP contribution in [-0.2, 0) is 11.3 Å². The number of nitrogens with one attached hydrogen (secondary N) is 1. The van der Waals surface area contributed by atoms with E-state index >= 15 is 0 Å². The molecule has 1 amide bonds. The molecule has 0 spiro atoms. The smallest absolute Gasteiger partial charge is 0.410 e. The van der Waals surface area contributed by atoms with Crippen LogP contribution in [0.5, 0.6) is 0 Å². The number of benzene rings is 1. The van der Waals surface area contributed by atoms with Gasteiger partial charge in [0.2, 0.25) is 5.95 Å². The topological polar surface area (TPSA) is 115 Å². The van der Waals surface area contributed by atoms with Crippen LogP contribution in [0.15, 0.2) is 47.4 Å². The molecule has 168 valence electrons. The van der Waals surface area contributed by atoms with Crippen molar-refractivity contribution in [1.82, 2.24) is 19.4 Å². The Morgan fingerprint density at radius 2 is 1.91 bits per heavy atom. The first-order valence-electron chi connectivity index (χ1n) is 10.6. The van der Waals surface area contributed by atoms with E-state index in [2.05, 4.69) is 15.3 Å². The minimum atomic E-state index is -0.504. The second-order valence-electron chi connectivity index (χ2n) is 9.08. The third-order valence-corrected chi connectivity index (χ3v) is 5.26. The molecular weight excluding hydrogens is 408 g/mol. The summed E-state index contributed by atoms with van der Waals surface area (Å²) in [7, 11) is 0. The summed E-state index contributed by atoms with van der Waals surface area (Å²) in [6.07, 6.45) is 2.18. The maximum Gasteiger partial charge on any atom is 0.410 e. The number of ether oxygens (including phenoxy) is 1. The fourth-order valence-electron chi connectivity index (χ4n) is 3.58. The van der Waals surface area contributed by atoms with Crippen molar-refractivity contribution in [1.29, 1.82) is 0 Å². The summed E-state index contributed by atoms with van der Waals surface area (Å²) in [6, 6.07) is 10.5. The van der Waals surface area contributed by atoms with Crippen molar-refractivity contribution in [3.05, 3.63) is 52.9 Å². The maximum atomic E-state index is 12.6. The normalized spacial score (nSPS) is 14.3. The Balaban J connectivity index is 1.44. The monoisotopic (exact) mass is 436 g/mol. The zero-order valence-electron chi connectivity index (χ0n) is 18.5. The lowest BCUT2D eigenvalue weighted by atomic mass is 9.97. The number of nitrogens with zero attached hydrogens (tertiary/aromatic N) is 4. The van der Waals surface area contributed by atoms with E-state index in [1.165, 1.54) is 6.07 Å². The highest BCUT2D eigenvalue weighted by Crippen LogP contribution is 2.23. The molecule has 3 aromatic rings. The molecule has 0 unspecified atom stereocenters. The van der Waals surface area contributed by atoms with E-state index in [4.69, 9.17) is 10.5 Å². The van der Waals surface area contributed by atoms with E-state index in [-0.39, 0.29) is 11.7 Å². The van der Waals surface area contributed by atoms with Gasteiger partial charge in [0.1, 0.15) is 11.2 Å². The molecule has 0 saturated carbocycles. The van der Waals surface area contributed by atoms with Gasteiger partial charge in [-0.05, 0) is 63.4 Å². The number of carbonyl (C=O) groups excluding carboxylic acids is 1. The highest BCUT2D eigenvalue weighted by molar-refractivity contribution is 5.75. The van der Waals surface area contributed by atoms with Crippen LogP contribution in [0.1, 0.15) is 27.2 Å². The van der Waals surface area contributed by atoms with Crippen LogP contribution in [0.2, 0.25) is 0 Å². The molecule has 3 heterocycles. The van der Waals surface area contributed by atoms with Crippen molar-refractivity contribution in [2.24, 2.45) is 5.92 Å². The van der Waals surface area contributed by atoms with E-state index in [1.54, 1.807) is 33.9 Å². The molecule has 0 radical (unpaired) electrons. The first-order valence-corrected chi connectivity index (χ1v) is 10.6. The zero-order valence-corrected chi connectivity index (χ0v) is 18.5. The Labute approximate surface area is 186 Å². The van der Waals surface area contributed by atoms with Gasteiger partial charge in [-0.15, -0.1) is 0 Å². The van der Waals surface area contributed by atoms with Crippen molar-refractivity contribution in [3.63, 3.8) is 0 Å². The molecule has 9 nitrogen and oxygen atoms in total. The van der Waals surface area contributed by atoms with Gasteiger partial charge in [0.25, 0.3) is 5.56 Å². The lowest BCUT2D eigenvalue weighted by Gasteiger charge is -2.39. The third kappa shape index (κ3) is 4.99. The van der Waals surface area contributed by atoms with Gasteiger partial charge in [-0.3, -0.25) is 9.36 Å². The number of rotatable bonds is 5. The number of anilines is 3. The van der Waals surface area contributed by atoms with Gasteiger partial charge >= 0.3 is 6.09 Å². The number of nitrogens with two attached hydrogens (primary N) is 1. The number of amides is 1. The van der Waals surface area contributed by atoms with Crippen LogP contribution >= 0.6 is 0 Å². The van der Waals surface area contributed by atoms with Gasteiger partial charge < -0.3 is 20.7 Å². The number of hydrogen-bond donors (Lipinski definition) is 2. The SMILES string of the molecule is CC(C)(C)OC(=O)N1CC(CCn2c(=O)ccc3cnc(Nc4ccc(N)cc4)nc32)C1. The molecule has 0 aliphatic carbocycles. The molecule has 9 heteroatoms. The van der Waals surface area contributed by atoms with Gasteiger partial charge in [0.15, 0.2) is 0 Å². The van der Waals surface area contributed by atoms with Crippen molar-refractivity contribution < 1.29 is 9.53 Å². The van der Waals surface area contributed by atoms with Crippen molar-refractivity contribution in [2.45, 2.75) is 39.3 Å². The number of carbonyl (C=O) groups is 1. The largest absolute Gasteiger partial charge is 0.444 e.